The highest BCUT2D eigenvalue weighted by Gasteiger charge is 2.34. The summed E-state index contributed by atoms with van der Waals surface area (Å²) in [4.78, 5) is 17.9. The molecule has 0 bridgehead atoms. The van der Waals surface area contributed by atoms with Crippen LogP contribution in [-0.4, -0.2) is 53.3 Å². The van der Waals surface area contributed by atoms with Gasteiger partial charge in [-0.3, -0.25) is 4.79 Å². The topological polar surface area (TPSA) is 96.6 Å². The molecule has 0 radical (unpaired) electrons. The third-order valence-corrected chi connectivity index (χ3v) is 6.29. The Kier molecular flexibility index (Phi) is 5.38. The molecule has 3 rings (SSSR count). The Morgan fingerprint density at radius 3 is 2.58 bits per heavy atom. The summed E-state index contributed by atoms with van der Waals surface area (Å²) in [5.74, 6) is 0.632. The molecule has 0 saturated carbocycles. The third kappa shape index (κ3) is 4.10. The highest BCUT2D eigenvalue weighted by atomic mass is 32.2. The monoisotopic (exact) mass is 378 g/mol. The van der Waals surface area contributed by atoms with Gasteiger partial charge in [-0.05, 0) is 18.9 Å². The number of carbonyl (C=O) groups is 1. The fourth-order valence-electron chi connectivity index (χ4n) is 3.15. The zero-order chi connectivity index (χ0) is 18.7. The highest BCUT2D eigenvalue weighted by molar-refractivity contribution is 7.88. The lowest BCUT2D eigenvalue weighted by molar-refractivity contribution is -0.131. The van der Waals surface area contributed by atoms with Gasteiger partial charge in [0.2, 0.25) is 21.8 Å². The van der Waals surface area contributed by atoms with Crippen molar-refractivity contribution in [2.75, 3.05) is 19.6 Å². The van der Waals surface area contributed by atoms with Gasteiger partial charge < -0.3 is 9.42 Å². The summed E-state index contributed by atoms with van der Waals surface area (Å²) in [6.45, 7) is 4.00. The van der Waals surface area contributed by atoms with E-state index in [1.807, 2.05) is 18.2 Å². The summed E-state index contributed by atoms with van der Waals surface area (Å²) < 4.78 is 32.3. The summed E-state index contributed by atoms with van der Waals surface area (Å²) in [5.41, 5.74) is 0.740. The van der Waals surface area contributed by atoms with Gasteiger partial charge in [0.1, 0.15) is 6.04 Å². The maximum Gasteiger partial charge on any atom is 0.249 e. The fourth-order valence-corrected chi connectivity index (χ4v) is 4.69. The molecule has 0 N–H and O–H groups in total. The van der Waals surface area contributed by atoms with E-state index in [1.165, 1.54) is 11.2 Å². The summed E-state index contributed by atoms with van der Waals surface area (Å²) in [5, 5.41) is 3.78. The van der Waals surface area contributed by atoms with Gasteiger partial charge in [0.05, 0.1) is 5.75 Å². The molecule has 9 heteroatoms. The normalized spacial score (nSPS) is 19.3. The van der Waals surface area contributed by atoms with Crippen molar-refractivity contribution in [3.63, 3.8) is 0 Å². The second-order valence-electron chi connectivity index (χ2n) is 6.34. The molecule has 0 aliphatic carbocycles. The van der Waals surface area contributed by atoms with Gasteiger partial charge in [-0.15, -0.1) is 0 Å². The van der Waals surface area contributed by atoms with Crippen LogP contribution in [0.2, 0.25) is 0 Å². The van der Waals surface area contributed by atoms with Gasteiger partial charge in [-0.1, -0.05) is 35.5 Å². The van der Waals surface area contributed by atoms with Gasteiger partial charge in [0.15, 0.2) is 5.82 Å². The smallest absolute Gasteiger partial charge is 0.249 e. The molecule has 1 unspecified atom stereocenters. The van der Waals surface area contributed by atoms with Crippen LogP contribution in [0.25, 0.3) is 0 Å². The second kappa shape index (κ2) is 7.55. The minimum absolute atomic E-state index is 0.0573. The molecule has 140 valence electrons. The van der Waals surface area contributed by atoms with Crippen molar-refractivity contribution in [1.29, 1.82) is 0 Å². The Morgan fingerprint density at radius 2 is 1.96 bits per heavy atom. The van der Waals surface area contributed by atoms with Crippen LogP contribution in [-0.2, 0) is 20.6 Å². The number of amides is 1. The predicted molar refractivity (Wildman–Crippen MR) is 94.4 cm³/mol. The molecule has 0 spiro atoms. The summed E-state index contributed by atoms with van der Waals surface area (Å²) in [6.07, 6.45) is 0.412. The van der Waals surface area contributed by atoms with Crippen LogP contribution >= 0.6 is 0 Å². The van der Waals surface area contributed by atoms with Crippen LogP contribution in [0.15, 0.2) is 34.9 Å². The largest absolute Gasteiger partial charge is 0.337 e. The summed E-state index contributed by atoms with van der Waals surface area (Å²) in [6, 6.07) is 8.66. The molecule has 26 heavy (non-hydrogen) atoms. The van der Waals surface area contributed by atoms with Crippen LogP contribution in [0.1, 0.15) is 36.7 Å². The van der Waals surface area contributed by atoms with Crippen molar-refractivity contribution in [1.82, 2.24) is 19.3 Å². The first-order chi connectivity index (χ1) is 12.4. The standard InChI is InChI=1S/C17H22N4O4S/c1-13-18-17(25-19-13)16-8-9-20(10-11-21(16)14(2)22)26(23,24)12-15-6-4-3-5-7-15/h3-7,16H,8-12H2,1-2H3. The molecule has 1 atom stereocenters. The van der Waals surface area contributed by atoms with Crippen molar-refractivity contribution in [2.45, 2.75) is 32.1 Å². The van der Waals surface area contributed by atoms with Gasteiger partial charge in [0, 0.05) is 26.6 Å². The first-order valence-electron chi connectivity index (χ1n) is 8.46. The Labute approximate surface area is 152 Å². The second-order valence-corrected chi connectivity index (χ2v) is 8.31. The van der Waals surface area contributed by atoms with Gasteiger partial charge in [0.25, 0.3) is 0 Å². The number of rotatable bonds is 4. The third-order valence-electron chi connectivity index (χ3n) is 4.44. The van der Waals surface area contributed by atoms with Crippen LogP contribution in [0.4, 0.5) is 0 Å². The Balaban J connectivity index is 1.79. The molecule has 1 aliphatic rings. The zero-order valence-electron chi connectivity index (χ0n) is 14.8. The molecular formula is C17H22N4O4S. The molecule has 8 nitrogen and oxygen atoms in total. The van der Waals surface area contributed by atoms with E-state index in [9.17, 15) is 13.2 Å². The number of hydrogen-bond donors (Lipinski definition) is 0. The lowest BCUT2D eigenvalue weighted by Gasteiger charge is -2.25. The number of nitrogens with zero attached hydrogens (tertiary/aromatic N) is 4. The maximum atomic E-state index is 12.8. The van der Waals surface area contributed by atoms with E-state index in [4.69, 9.17) is 4.52 Å². The van der Waals surface area contributed by atoms with Crippen LogP contribution < -0.4 is 0 Å². The lowest BCUT2D eigenvalue weighted by atomic mass is 10.2. The quantitative estimate of drug-likeness (QED) is 0.800. The number of aryl methyl sites for hydroxylation is 1. The number of carbonyl (C=O) groups excluding carboxylic acids is 1. The molecule has 1 amide bonds. The average Bonchev–Trinajstić information content (AvgIpc) is 2.89. The van der Waals surface area contributed by atoms with Gasteiger partial charge >= 0.3 is 0 Å². The van der Waals surface area contributed by atoms with Crippen LogP contribution in [0, 0.1) is 6.92 Å². The first kappa shape index (κ1) is 18.5. The molecule has 1 saturated heterocycles. The van der Waals surface area contributed by atoms with E-state index in [-0.39, 0.29) is 24.7 Å². The van der Waals surface area contributed by atoms with Gasteiger partial charge in [-0.25, -0.2) is 8.42 Å². The van der Waals surface area contributed by atoms with Crippen LogP contribution in [0.3, 0.4) is 0 Å². The molecule has 2 heterocycles. The zero-order valence-corrected chi connectivity index (χ0v) is 15.6. The molecule has 1 aromatic carbocycles. The Morgan fingerprint density at radius 1 is 1.23 bits per heavy atom. The first-order valence-corrected chi connectivity index (χ1v) is 10.1. The average molecular weight is 378 g/mol. The van der Waals surface area contributed by atoms with E-state index in [2.05, 4.69) is 10.1 Å². The number of benzene rings is 1. The van der Waals surface area contributed by atoms with E-state index >= 15 is 0 Å². The number of hydrogen-bond acceptors (Lipinski definition) is 6. The Hall–Kier alpha value is -2.26. The van der Waals surface area contributed by atoms with Crippen molar-refractivity contribution in [2.24, 2.45) is 0 Å². The minimum atomic E-state index is -3.48. The number of aromatic nitrogens is 2. The SMILES string of the molecule is CC(=O)N1CCN(S(=O)(=O)Cc2ccccc2)CCC1c1nc(C)no1. The molecule has 1 aliphatic heterocycles. The minimum Gasteiger partial charge on any atom is -0.337 e. The molecular weight excluding hydrogens is 356 g/mol. The molecule has 2 aromatic rings. The van der Waals surface area contributed by atoms with E-state index < -0.39 is 16.1 Å². The number of sulfonamides is 1. The lowest BCUT2D eigenvalue weighted by Crippen LogP contribution is -2.37. The van der Waals surface area contributed by atoms with Crippen molar-refractivity contribution >= 4 is 15.9 Å². The summed E-state index contributed by atoms with van der Waals surface area (Å²) in [7, 11) is -3.48. The van der Waals surface area contributed by atoms with Gasteiger partial charge in [-0.2, -0.15) is 9.29 Å². The fraction of sp³-hybridized carbons (Fsp3) is 0.471. The van der Waals surface area contributed by atoms with Crippen LogP contribution in [0.5, 0.6) is 0 Å². The molecule has 1 aromatic heterocycles. The van der Waals surface area contributed by atoms with Crippen molar-refractivity contribution < 1.29 is 17.7 Å². The van der Waals surface area contributed by atoms with E-state index in [0.29, 0.717) is 24.7 Å². The summed E-state index contributed by atoms with van der Waals surface area (Å²) >= 11 is 0. The van der Waals surface area contributed by atoms with E-state index in [1.54, 1.807) is 24.0 Å². The highest BCUT2D eigenvalue weighted by Crippen LogP contribution is 2.27. The van der Waals surface area contributed by atoms with Crippen molar-refractivity contribution in [3.05, 3.63) is 47.6 Å². The maximum absolute atomic E-state index is 12.8. The van der Waals surface area contributed by atoms with E-state index in [0.717, 1.165) is 5.56 Å². The predicted octanol–water partition coefficient (Wildman–Crippen LogP) is 1.50. The Bertz CT molecular complexity index is 866. The molecule has 1 fully saturated rings. The van der Waals surface area contributed by atoms with Crippen molar-refractivity contribution in [3.8, 4) is 0 Å².